The van der Waals surface area contributed by atoms with Crippen LogP contribution in [0.2, 0.25) is 0 Å². The van der Waals surface area contributed by atoms with Crippen LogP contribution in [0.25, 0.3) is 0 Å². The van der Waals surface area contributed by atoms with E-state index in [4.69, 9.17) is 4.74 Å². The van der Waals surface area contributed by atoms with E-state index in [0.717, 1.165) is 18.5 Å². The van der Waals surface area contributed by atoms with Crippen LogP contribution in [-0.2, 0) is 22.4 Å². The van der Waals surface area contributed by atoms with E-state index in [1.807, 2.05) is 24.9 Å². The number of benzene rings is 2. The van der Waals surface area contributed by atoms with Crippen LogP contribution in [0.1, 0.15) is 23.6 Å². The Hall–Kier alpha value is -2.29. The average Bonchev–Trinajstić information content (AvgIpc) is 2.85. The molecule has 0 radical (unpaired) electrons. The van der Waals surface area contributed by atoms with Crippen LogP contribution in [0.3, 0.4) is 0 Å². The molecule has 1 aliphatic heterocycles. The van der Waals surface area contributed by atoms with E-state index >= 15 is 0 Å². The zero-order valence-electron chi connectivity index (χ0n) is 13.1. The van der Waals surface area contributed by atoms with Crippen molar-refractivity contribution < 1.29 is 9.53 Å². The van der Waals surface area contributed by atoms with Crippen molar-refractivity contribution in [2.24, 2.45) is 0 Å². The van der Waals surface area contributed by atoms with Gasteiger partial charge < -0.3 is 9.64 Å². The van der Waals surface area contributed by atoms with Crippen LogP contribution in [0, 0.1) is 0 Å². The predicted octanol–water partition coefficient (Wildman–Crippen LogP) is 3.20. The van der Waals surface area contributed by atoms with Gasteiger partial charge in [0.2, 0.25) is 0 Å². The van der Waals surface area contributed by atoms with Gasteiger partial charge in [-0.2, -0.15) is 0 Å². The molecule has 0 saturated carbocycles. The summed E-state index contributed by atoms with van der Waals surface area (Å²) in [7, 11) is 1.96. The van der Waals surface area contributed by atoms with Crippen molar-refractivity contribution in [2.45, 2.75) is 25.8 Å². The van der Waals surface area contributed by atoms with E-state index in [1.165, 1.54) is 16.7 Å². The summed E-state index contributed by atoms with van der Waals surface area (Å²) in [5.41, 5.74) is 4.95. The maximum Gasteiger partial charge on any atom is 0.329 e. The van der Waals surface area contributed by atoms with Crippen molar-refractivity contribution >= 4 is 11.7 Å². The van der Waals surface area contributed by atoms with Crippen LogP contribution in [0.4, 0.5) is 5.69 Å². The Morgan fingerprint density at radius 3 is 2.68 bits per heavy atom. The molecule has 0 aromatic heterocycles. The molecule has 1 heterocycles. The SMILES string of the molecule is CCOC(=O)C1Cc2cc(Cc3ccccc3)ccc2N1C. The number of carbonyl (C=O) groups is 1. The normalized spacial score (nSPS) is 16.5. The minimum Gasteiger partial charge on any atom is -0.464 e. The van der Waals surface area contributed by atoms with Gasteiger partial charge in [0.1, 0.15) is 6.04 Å². The lowest BCUT2D eigenvalue weighted by Gasteiger charge is -2.20. The first-order valence-electron chi connectivity index (χ1n) is 7.74. The Kier molecular flexibility index (Phi) is 4.14. The largest absolute Gasteiger partial charge is 0.464 e. The molecule has 0 amide bonds. The summed E-state index contributed by atoms with van der Waals surface area (Å²) >= 11 is 0. The second-order valence-electron chi connectivity index (χ2n) is 5.71. The average molecular weight is 295 g/mol. The van der Waals surface area contributed by atoms with Crippen molar-refractivity contribution in [3.8, 4) is 0 Å². The molecule has 2 aromatic rings. The summed E-state index contributed by atoms with van der Waals surface area (Å²) in [4.78, 5) is 14.1. The van der Waals surface area contributed by atoms with Gasteiger partial charge in [0, 0.05) is 19.2 Å². The van der Waals surface area contributed by atoms with Gasteiger partial charge in [-0.25, -0.2) is 4.79 Å². The van der Waals surface area contributed by atoms with Crippen LogP contribution < -0.4 is 4.90 Å². The van der Waals surface area contributed by atoms with Gasteiger partial charge >= 0.3 is 5.97 Å². The minimum absolute atomic E-state index is 0.134. The lowest BCUT2D eigenvalue weighted by molar-refractivity contribution is -0.144. The summed E-state index contributed by atoms with van der Waals surface area (Å²) in [5, 5.41) is 0. The fourth-order valence-corrected chi connectivity index (χ4v) is 3.08. The van der Waals surface area contributed by atoms with Crippen LogP contribution in [0.15, 0.2) is 48.5 Å². The molecule has 0 spiro atoms. The first-order valence-corrected chi connectivity index (χ1v) is 7.74. The van der Waals surface area contributed by atoms with Gasteiger partial charge in [0.05, 0.1) is 6.61 Å². The van der Waals surface area contributed by atoms with Gasteiger partial charge in [-0.05, 0) is 36.1 Å². The van der Waals surface area contributed by atoms with E-state index in [1.54, 1.807) is 0 Å². The quantitative estimate of drug-likeness (QED) is 0.811. The molecule has 1 unspecified atom stereocenters. The maximum atomic E-state index is 12.0. The molecule has 3 nitrogen and oxygen atoms in total. The summed E-state index contributed by atoms with van der Waals surface area (Å²) in [6, 6.07) is 16.7. The molecule has 0 saturated heterocycles. The lowest BCUT2D eigenvalue weighted by Crippen LogP contribution is -2.37. The Bertz CT molecular complexity index is 666. The number of hydrogen-bond acceptors (Lipinski definition) is 3. The van der Waals surface area contributed by atoms with E-state index in [2.05, 4.69) is 42.5 Å². The molecule has 0 aliphatic carbocycles. The van der Waals surface area contributed by atoms with Crippen molar-refractivity contribution in [1.29, 1.82) is 0 Å². The van der Waals surface area contributed by atoms with Crippen LogP contribution in [0.5, 0.6) is 0 Å². The number of likely N-dealkylation sites (N-methyl/N-ethyl adjacent to an activating group) is 1. The number of carbonyl (C=O) groups excluding carboxylic acids is 1. The molecule has 0 bridgehead atoms. The molecule has 1 atom stereocenters. The second-order valence-corrected chi connectivity index (χ2v) is 5.71. The first-order chi connectivity index (χ1) is 10.7. The molecule has 22 heavy (non-hydrogen) atoms. The highest BCUT2D eigenvalue weighted by atomic mass is 16.5. The number of fused-ring (bicyclic) bond motifs is 1. The highest BCUT2D eigenvalue weighted by Gasteiger charge is 2.33. The topological polar surface area (TPSA) is 29.5 Å². The van der Waals surface area contributed by atoms with Crippen molar-refractivity contribution in [3.63, 3.8) is 0 Å². The number of esters is 1. The van der Waals surface area contributed by atoms with E-state index in [9.17, 15) is 4.79 Å². The Morgan fingerprint density at radius 1 is 1.18 bits per heavy atom. The number of rotatable bonds is 4. The molecule has 3 rings (SSSR count). The van der Waals surface area contributed by atoms with E-state index in [0.29, 0.717) is 6.61 Å². The van der Waals surface area contributed by atoms with Gasteiger partial charge in [0.15, 0.2) is 0 Å². The summed E-state index contributed by atoms with van der Waals surface area (Å²) < 4.78 is 5.17. The molecule has 0 fully saturated rings. The van der Waals surface area contributed by atoms with Gasteiger partial charge in [-0.15, -0.1) is 0 Å². The Balaban J connectivity index is 1.79. The summed E-state index contributed by atoms with van der Waals surface area (Å²) in [6.45, 7) is 2.27. The third-order valence-electron chi connectivity index (χ3n) is 4.21. The minimum atomic E-state index is -0.193. The van der Waals surface area contributed by atoms with Crippen molar-refractivity contribution in [1.82, 2.24) is 0 Å². The van der Waals surface area contributed by atoms with Crippen LogP contribution in [-0.4, -0.2) is 25.7 Å². The second kappa shape index (κ2) is 6.22. The smallest absolute Gasteiger partial charge is 0.329 e. The van der Waals surface area contributed by atoms with E-state index < -0.39 is 0 Å². The molecular formula is C19H21NO2. The third-order valence-corrected chi connectivity index (χ3v) is 4.21. The number of anilines is 1. The van der Waals surface area contributed by atoms with Gasteiger partial charge in [0.25, 0.3) is 0 Å². The van der Waals surface area contributed by atoms with Gasteiger partial charge in [-0.1, -0.05) is 42.5 Å². The molecule has 0 N–H and O–H groups in total. The Labute approximate surface area is 131 Å². The van der Waals surface area contributed by atoms with Crippen LogP contribution >= 0.6 is 0 Å². The first kappa shape index (κ1) is 14.6. The standard InChI is InChI=1S/C19H21NO2/c1-3-22-19(21)18-13-16-12-15(9-10-17(16)20(18)2)11-14-7-5-4-6-8-14/h4-10,12,18H,3,11,13H2,1-2H3. The van der Waals surface area contributed by atoms with Crippen molar-refractivity contribution in [3.05, 3.63) is 65.2 Å². The number of hydrogen-bond donors (Lipinski definition) is 0. The van der Waals surface area contributed by atoms with Gasteiger partial charge in [-0.3, -0.25) is 0 Å². The molecule has 3 heteroatoms. The van der Waals surface area contributed by atoms with E-state index in [-0.39, 0.29) is 12.0 Å². The third kappa shape index (κ3) is 2.84. The number of ether oxygens (including phenoxy) is 1. The zero-order valence-corrected chi connectivity index (χ0v) is 13.1. The van der Waals surface area contributed by atoms with Crippen molar-refractivity contribution in [2.75, 3.05) is 18.6 Å². The zero-order chi connectivity index (χ0) is 15.5. The predicted molar refractivity (Wildman–Crippen MR) is 88.2 cm³/mol. The summed E-state index contributed by atoms with van der Waals surface area (Å²) in [5.74, 6) is -0.134. The molecule has 2 aromatic carbocycles. The maximum absolute atomic E-state index is 12.0. The molecule has 114 valence electrons. The monoisotopic (exact) mass is 295 g/mol. The fraction of sp³-hybridized carbons (Fsp3) is 0.316. The highest BCUT2D eigenvalue weighted by Crippen LogP contribution is 2.32. The highest BCUT2D eigenvalue weighted by molar-refractivity contribution is 5.83. The fourth-order valence-electron chi connectivity index (χ4n) is 3.08. The lowest BCUT2D eigenvalue weighted by atomic mass is 10.0. The molecule has 1 aliphatic rings. The number of nitrogens with zero attached hydrogens (tertiary/aromatic N) is 1. The summed E-state index contributed by atoms with van der Waals surface area (Å²) in [6.07, 6.45) is 1.65. The molecular weight excluding hydrogens is 274 g/mol. The Morgan fingerprint density at radius 2 is 1.95 bits per heavy atom.